The van der Waals surface area contributed by atoms with E-state index >= 15 is 0 Å². The molecule has 0 aliphatic heterocycles. The van der Waals surface area contributed by atoms with Gasteiger partial charge in [-0.1, -0.05) is 244 Å². The van der Waals surface area contributed by atoms with Crippen LogP contribution in [0, 0.1) is 0 Å². The van der Waals surface area contributed by atoms with Crippen LogP contribution < -0.4 is 0 Å². The summed E-state index contributed by atoms with van der Waals surface area (Å²) in [5, 5.41) is 0. The lowest BCUT2D eigenvalue weighted by Gasteiger charge is -2.24. The lowest BCUT2D eigenvalue weighted by Crippen LogP contribution is -2.37. The van der Waals surface area contributed by atoms with Gasteiger partial charge in [0, 0.05) is 12.8 Å². The Kier molecular flexibility index (Phi) is 55.0. The van der Waals surface area contributed by atoms with E-state index in [9.17, 15) is 19.0 Å². The fraction of sp³-hybridized carbons (Fsp3) is 0.647. The Bertz CT molecular complexity index is 1780. The molecule has 0 bridgehead atoms. The largest absolute Gasteiger partial charge is 0.472 e. The highest BCUT2D eigenvalue weighted by atomic mass is 31.2. The number of likely N-dealkylation sites (N-methyl/N-ethyl adjacent to an activating group) is 1. The number of quaternary nitrogens is 1. The monoisotopic (exact) mass is 1100 g/mol. The number of unbranched alkanes of at least 4 members (excludes halogenated alkanes) is 19. The number of esters is 2. The summed E-state index contributed by atoms with van der Waals surface area (Å²) in [7, 11) is 1.46. The van der Waals surface area contributed by atoms with Crippen molar-refractivity contribution >= 4 is 19.8 Å². The highest BCUT2D eigenvalue weighted by Crippen LogP contribution is 2.43. The molecule has 0 aromatic heterocycles. The minimum absolute atomic E-state index is 0.0235. The van der Waals surface area contributed by atoms with Crippen molar-refractivity contribution in [2.75, 3.05) is 47.5 Å². The Morgan fingerprint density at radius 2 is 0.692 bits per heavy atom. The Labute approximate surface area is 479 Å². The van der Waals surface area contributed by atoms with Gasteiger partial charge in [0.05, 0.1) is 27.7 Å². The fourth-order valence-electron chi connectivity index (χ4n) is 7.99. The highest BCUT2D eigenvalue weighted by Gasteiger charge is 2.27. The standard InChI is InChI=1S/C68H114NO8P/c1-6-8-10-12-14-16-18-20-22-24-25-26-27-28-29-30-31-32-33-34-35-36-37-38-39-40-41-42-43-45-47-49-51-53-55-57-59-61-68(71)77-66(65-76-78(72,73)75-63-62-69(3,4)5)64-74-67(70)60-58-56-54-52-50-48-46-44-23-21-19-17-15-13-11-9-7-2/h8-11,14-17,20-23,25-26,28-29,31-32,34-35,37-38,66H,6-7,12-13,18-19,24,27,30,33,36,39-65H2,1-5H3/p+1/b10-8-,11-9-,16-14-,17-15-,22-20-,23-21-,26-25-,29-28-,32-31-,35-34-,38-37-. The van der Waals surface area contributed by atoms with Gasteiger partial charge in [0.25, 0.3) is 0 Å². The number of allylic oxidation sites excluding steroid dienone is 22. The van der Waals surface area contributed by atoms with Crippen molar-refractivity contribution in [3.63, 3.8) is 0 Å². The fourth-order valence-corrected chi connectivity index (χ4v) is 8.73. The van der Waals surface area contributed by atoms with Crippen molar-refractivity contribution < 1.29 is 42.1 Å². The number of rotatable bonds is 55. The first kappa shape index (κ1) is 74.2. The average molecular weight is 1110 g/mol. The van der Waals surface area contributed by atoms with Crippen molar-refractivity contribution in [1.29, 1.82) is 0 Å². The first-order valence-corrected chi connectivity index (χ1v) is 32.4. The molecule has 0 saturated heterocycles. The van der Waals surface area contributed by atoms with Crippen LogP contribution in [0.3, 0.4) is 0 Å². The number of hydrogen-bond donors (Lipinski definition) is 1. The number of carbonyl (C=O) groups excluding carboxylic acids is 2. The summed E-state index contributed by atoms with van der Waals surface area (Å²) in [6.07, 6.45) is 83.9. The lowest BCUT2D eigenvalue weighted by atomic mass is 10.0. The topological polar surface area (TPSA) is 108 Å². The first-order valence-electron chi connectivity index (χ1n) is 30.9. The first-order chi connectivity index (χ1) is 38.0. The Morgan fingerprint density at radius 1 is 0.397 bits per heavy atom. The van der Waals surface area contributed by atoms with Gasteiger partial charge in [-0.3, -0.25) is 18.6 Å². The average Bonchev–Trinajstić information content (AvgIpc) is 3.41. The van der Waals surface area contributed by atoms with Crippen LogP contribution in [-0.4, -0.2) is 74.9 Å². The molecular weight excluding hydrogens is 990 g/mol. The predicted molar refractivity (Wildman–Crippen MR) is 334 cm³/mol. The molecule has 0 aliphatic carbocycles. The number of ether oxygens (including phenoxy) is 2. The number of phosphoric ester groups is 1. The van der Waals surface area contributed by atoms with Gasteiger partial charge in [-0.2, -0.15) is 0 Å². The van der Waals surface area contributed by atoms with Gasteiger partial charge < -0.3 is 18.9 Å². The third kappa shape index (κ3) is 61.4. The Balaban J connectivity index is 4.10. The summed E-state index contributed by atoms with van der Waals surface area (Å²) in [5.41, 5.74) is 0. The third-order valence-corrected chi connectivity index (χ3v) is 13.7. The molecule has 0 aromatic carbocycles. The van der Waals surface area contributed by atoms with Gasteiger partial charge in [-0.05, 0) is 109 Å². The number of carbonyl (C=O) groups is 2. The van der Waals surface area contributed by atoms with E-state index in [-0.39, 0.29) is 32.0 Å². The molecular formula is C68H115NO8P+. The summed E-state index contributed by atoms with van der Waals surface area (Å²) in [6.45, 7) is 4.18. The number of hydrogen-bond acceptors (Lipinski definition) is 7. The lowest BCUT2D eigenvalue weighted by molar-refractivity contribution is -0.870. The molecule has 2 atom stereocenters. The van der Waals surface area contributed by atoms with Gasteiger partial charge in [-0.25, -0.2) is 4.57 Å². The van der Waals surface area contributed by atoms with E-state index in [1.165, 1.54) is 77.0 Å². The minimum Gasteiger partial charge on any atom is -0.462 e. The molecule has 0 saturated carbocycles. The molecule has 0 fully saturated rings. The van der Waals surface area contributed by atoms with E-state index in [0.717, 1.165) is 122 Å². The van der Waals surface area contributed by atoms with Crippen LogP contribution in [0.15, 0.2) is 134 Å². The van der Waals surface area contributed by atoms with E-state index in [4.69, 9.17) is 18.5 Å². The zero-order valence-electron chi connectivity index (χ0n) is 50.3. The molecule has 0 rings (SSSR count). The van der Waals surface area contributed by atoms with Gasteiger partial charge in [-0.15, -0.1) is 0 Å². The van der Waals surface area contributed by atoms with Gasteiger partial charge >= 0.3 is 19.8 Å². The maximum Gasteiger partial charge on any atom is 0.472 e. The summed E-state index contributed by atoms with van der Waals surface area (Å²) >= 11 is 0. The second kappa shape index (κ2) is 57.8. The van der Waals surface area contributed by atoms with E-state index in [0.29, 0.717) is 17.4 Å². The van der Waals surface area contributed by atoms with Crippen molar-refractivity contribution in [2.24, 2.45) is 0 Å². The molecule has 0 radical (unpaired) electrons. The third-order valence-electron chi connectivity index (χ3n) is 12.7. The maximum absolute atomic E-state index is 12.8. The quantitative estimate of drug-likeness (QED) is 0.0211. The second-order valence-corrected chi connectivity index (χ2v) is 22.8. The van der Waals surface area contributed by atoms with Gasteiger partial charge in [0.2, 0.25) is 0 Å². The molecule has 0 amide bonds. The van der Waals surface area contributed by atoms with E-state index in [1.807, 2.05) is 21.1 Å². The predicted octanol–water partition coefficient (Wildman–Crippen LogP) is 19.7. The van der Waals surface area contributed by atoms with Crippen molar-refractivity contribution in [3.8, 4) is 0 Å². The summed E-state index contributed by atoms with van der Waals surface area (Å²) < 4.78 is 34.6. The van der Waals surface area contributed by atoms with E-state index < -0.39 is 26.5 Å². The normalized spacial score (nSPS) is 14.2. The van der Waals surface area contributed by atoms with Crippen LogP contribution in [0.1, 0.15) is 232 Å². The molecule has 0 aromatic rings. The van der Waals surface area contributed by atoms with Gasteiger partial charge in [0.15, 0.2) is 6.10 Å². The molecule has 0 aliphatic rings. The van der Waals surface area contributed by atoms with Crippen LogP contribution in [0.25, 0.3) is 0 Å². The zero-order valence-corrected chi connectivity index (χ0v) is 51.2. The molecule has 0 spiro atoms. The summed E-state index contributed by atoms with van der Waals surface area (Å²) in [6, 6.07) is 0. The Morgan fingerprint density at radius 3 is 1.03 bits per heavy atom. The molecule has 0 heterocycles. The van der Waals surface area contributed by atoms with E-state index in [1.54, 1.807) is 0 Å². The van der Waals surface area contributed by atoms with Crippen LogP contribution in [0.4, 0.5) is 0 Å². The summed E-state index contributed by atoms with van der Waals surface area (Å²) in [4.78, 5) is 35.7. The van der Waals surface area contributed by atoms with Crippen molar-refractivity contribution in [2.45, 2.75) is 238 Å². The van der Waals surface area contributed by atoms with Crippen molar-refractivity contribution in [1.82, 2.24) is 0 Å². The zero-order chi connectivity index (χ0) is 57.0. The SMILES string of the molecule is CC/C=C\C/C=C\C/C=C\C/C=C\C/C=C\C/C=C\C/C=C\C/C=C\CCCCCCCCCCCCCCC(=O)OC(COC(=O)CCCCCCCCC/C=C\C/C=C\C/C=C\CC)COP(=O)(O)OCC[N+](C)(C)C. The van der Waals surface area contributed by atoms with Crippen molar-refractivity contribution in [3.05, 3.63) is 134 Å². The maximum atomic E-state index is 12.8. The smallest absolute Gasteiger partial charge is 0.462 e. The van der Waals surface area contributed by atoms with Gasteiger partial charge in [0.1, 0.15) is 19.8 Å². The Hall–Kier alpha value is -3.85. The molecule has 1 N–H and O–H groups in total. The summed E-state index contributed by atoms with van der Waals surface area (Å²) in [5.74, 6) is -0.817. The van der Waals surface area contributed by atoms with Crippen LogP contribution in [0.2, 0.25) is 0 Å². The van der Waals surface area contributed by atoms with Crippen LogP contribution >= 0.6 is 7.82 Å². The molecule has 9 nitrogen and oxygen atoms in total. The molecule has 2 unspecified atom stereocenters. The second-order valence-electron chi connectivity index (χ2n) is 21.3. The van der Waals surface area contributed by atoms with E-state index in [2.05, 4.69) is 148 Å². The van der Waals surface area contributed by atoms with Crippen LogP contribution in [0.5, 0.6) is 0 Å². The molecule has 444 valence electrons. The van der Waals surface area contributed by atoms with Crippen LogP contribution in [-0.2, 0) is 32.7 Å². The number of nitrogens with zero attached hydrogens (tertiary/aromatic N) is 1. The molecule has 10 heteroatoms. The molecule has 78 heavy (non-hydrogen) atoms. The highest BCUT2D eigenvalue weighted by molar-refractivity contribution is 7.47. The number of phosphoric acid groups is 1. The minimum atomic E-state index is -4.40.